The van der Waals surface area contributed by atoms with Crippen LogP contribution in [0, 0.1) is 28.6 Å². The molecule has 7 atom stereocenters. The van der Waals surface area contributed by atoms with E-state index in [4.69, 9.17) is 8.92 Å². The number of carbonyl (C=O) groups is 3. The fourth-order valence-electron chi connectivity index (χ4n) is 7.54. The average Bonchev–Trinajstić information content (AvgIpc) is 3.04. The fraction of sp³-hybridized carbons (Fsp3) is 0.720. The highest BCUT2D eigenvalue weighted by Crippen LogP contribution is 2.67. The van der Waals surface area contributed by atoms with Crippen molar-refractivity contribution in [3.05, 3.63) is 23.8 Å². The van der Waals surface area contributed by atoms with Crippen LogP contribution in [0.25, 0.3) is 0 Å². The summed E-state index contributed by atoms with van der Waals surface area (Å²) in [7, 11) is -3.87. The van der Waals surface area contributed by atoms with E-state index >= 15 is 0 Å². The molecular formula is C25H34O8S. The molecule has 8 nitrogen and oxygen atoms in total. The topological polar surface area (TPSA) is 124 Å². The van der Waals surface area contributed by atoms with Gasteiger partial charge in [-0.3, -0.25) is 18.6 Å². The molecular weight excluding hydrogens is 460 g/mol. The molecule has 4 aliphatic carbocycles. The zero-order chi connectivity index (χ0) is 25.1. The quantitative estimate of drug-likeness (QED) is 0.441. The summed E-state index contributed by atoms with van der Waals surface area (Å²) < 4.78 is 33.8. The number of allylic oxidation sites excluding steroid dienone is 4. The monoisotopic (exact) mass is 494 g/mol. The predicted octanol–water partition coefficient (Wildman–Crippen LogP) is 2.50. The highest BCUT2D eigenvalue weighted by atomic mass is 32.2. The lowest BCUT2D eigenvalue weighted by Crippen LogP contribution is -2.63. The lowest BCUT2D eigenvalue weighted by atomic mass is 9.46. The predicted molar refractivity (Wildman–Crippen MR) is 123 cm³/mol. The third-order valence-corrected chi connectivity index (χ3v) is 9.59. The van der Waals surface area contributed by atoms with Crippen molar-refractivity contribution in [2.75, 3.05) is 12.9 Å². The number of rotatable bonds is 6. The summed E-state index contributed by atoms with van der Waals surface area (Å²) in [5.41, 5.74) is -1.85. The van der Waals surface area contributed by atoms with Crippen molar-refractivity contribution in [2.45, 2.75) is 71.0 Å². The second-order valence-corrected chi connectivity index (χ2v) is 12.4. The standard InChI is InChI=1S/C25H34O8S/c1-5-21(29)33-25(20(28)14-32-34(4,30)31)11-9-18-17-7-6-15-12-16(26)8-10-23(15,2)22(17)19(27)13-24(18,25)3/h8,10,12,17-19,22,27H,5-7,9,11,13-14H2,1-4H3/t17-,18-,19-,22+,23-,24-,25-/m0/s1. The summed E-state index contributed by atoms with van der Waals surface area (Å²) in [6.07, 6.45) is 7.90. The first kappa shape index (κ1) is 25.3. The summed E-state index contributed by atoms with van der Waals surface area (Å²) in [5, 5.41) is 11.5. The number of Topliss-reactive ketones (excluding diaryl/α,β-unsaturated/α-hetero) is 1. The second-order valence-electron chi connectivity index (χ2n) is 10.8. The molecule has 0 aromatic heterocycles. The van der Waals surface area contributed by atoms with Crippen molar-refractivity contribution in [3.8, 4) is 0 Å². The van der Waals surface area contributed by atoms with E-state index in [0.717, 1.165) is 24.7 Å². The maximum atomic E-state index is 13.5. The maximum absolute atomic E-state index is 13.5. The second kappa shape index (κ2) is 8.38. The first-order valence-electron chi connectivity index (χ1n) is 12.0. The summed E-state index contributed by atoms with van der Waals surface area (Å²) in [5.74, 6) is -1.25. The highest BCUT2D eigenvalue weighted by Gasteiger charge is 2.70. The molecule has 3 fully saturated rings. The van der Waals surface area contributed by atoms with E-state index in [9.17, 15) is 27.9 Å². The Morgan fingerprint density at radius 1 is 1.24 bits per heavy atom. The lowest BCUT2D eigenvalue weighted by molar-refractivity contribution is -0.199. The minimum Gasteiger partial charge on any atom is -0.450 e. The minimum absolute atomic E-state index is 0.0165. The molecule has 4 rings (SSSR count). The SMILES string of the molecule is CCC(=O)O[C@]1(C(=O)COS(C)(=O)=O)CC[C@H]2[C@@H]3CCC4=CC(=O)C=C[C@]4(C)[C@H]3[C@@H](O)C[C@@]21C. The van der Waals surface area contributed by atoms with Crippen molar-refractivity contribution < 1.29 is 36.8 Å². The third kappa shape index (κ3) is 3.80. The van der Waals surface area contributed by atoms with E-state index in [0.29, 0.717) is 6.42 Å². The van der Waals surface area contributed by atoms with Crippen LogP contribution in [0.1, 0.15) is 59.3 Å². The van der Waals surface area contributed by atoms with Crippen LogP contribution in [-0.2, 0) is 33.4 Å². The van der Waals surface area contributed by atoms with Crippen LogP contribution < -0.4 is 0 Å². The van der Waals surface area contributed by atoms with Gasteiger partial charge < -0.3 is 9.84 Å². The number of esters is 1. The molecule has 0 unspecified atom stereocenters. The molecule has 0 saturated heterocycles. The number of ether oxygens (including phenoxy) is 1. The Balaban J connectivity index is 1.73. The number of aliphatic hydroxyl groups is 1. The van der Waals surface area contributed by atoms with Gasteiger partial charge in [-0.1, -0.05) is 32.4 Å². The molecule has 1 N–H and O–H groups in total. The van der Waals surface area contributed by atoms with E-state index < -0.39 is 51.0 Å². The van der Waals surface area contributed by atoms with Gasteiger partial charge in [0.25, 0.3) is 10.1 Å². The number of aliphatic hydroxyl groups excluding tert-OH is 1. The van der Waals surface area contributed by atoms with Crippen LogP contribution in [0.5, 0.6) is 0 Å². The van der Waals surface area contributed by atoms with Crippen LogP contribution in [0.15, 0.2) is 23.8 Å². The van der Waals surface area contributed by atoms with E-state index in [2.05, 4.69) is 6.92 Å². The molecule has 0 heterocycles. The molecule has 9 heteroatoms. The summed E-state index contributed by atoms with van der Waals surface area (Å²) >= 11 is 0. The van der Waals surface area contributed by atoms with Gasteiger partial charge in [0.2, 0.25) is 5.78 Å². The third-order valence-electron chi connectivity index (χ3n) is 9.05. The molecule has 0 bridgehead atoms. The number of hydrogen-bond acceptors (Lipinski definition) is 8. The smallest absolute Gasteiger partial charge is 0.306 e. The highest BCUT2D eigenvalue weighted by molar-refractivity contribution is 7.86. The van der Waals surface area contributed by atoms with Gasteiger partial charge in [0, 0.05) is 23.2 Å². The van der Waals surface area contributed by atoms with Gasteiger partial charge >= 0.3 is 5.97 Å². The van der Waals surface area contributed by atoms with Crippen molar-refractivity contribution in [1.29, 1.82) is 0 Å². The van der Waals surface area contributed by atoms with Crippen LogP contribution in [-0.4, -0.2) is 55.6 Å². The molecule has 3 saturated carbocycles. The van der Waals surface area contributed by atoms with Gasteiger partial charge in [-0.2, -0.15) is 8.42 Å². The van der Waals surface area contributed by atoms with Crippen LogP contribution in [0.3, 0.4) is 0 Å². The molecule has 188 valence electrons. The van der Waals surface area contributed by atoms with Crippen molar-refractivity contribution in [1.82, 2.24) is 0 Å². The summed E-state index contributed by atoms with van der Waals surface area (Å²) in [6.45, 7) is 4.88. The van der Waals surface area contributed by atoms with Gasteiger partial charge in [-0.05, 0) is 56.1 Å². The normalized spacial score (nSPS) is 41.2. The summed E-state index contributed by atoms with van der Waals surface area (Å²) in [6, 6.07) is 0. The van der Waals surface area contributed by atoms with Gasteiger partial charge in [0.15, 0.2) is 11.4 Å². The van der Waals surface area contributed by atoms with Crippen molar-refractivity contribution in [3.63, 3.8) is 0 Å². The van der Waals surface area contributed by atoms with Gasteiger partial charge in [-0.25, -0.2) is 0 Å². The van der Waals surface area contributed by atoms with E-state index in [-0.39, 0.29) is 42.8 Å². The van der Waals surface area contributed by atoms with Crippen molar-refractivity contribution in [2.24, 2.45) is 28.6 Å². The Hall–Kier alpha value is -1.84. The molecule has 0 aliphatic heterocycles. The number of carbonyl (C=O) groups excluding carboxylic acids is 3. The zero-order valence-electron chi connectivity index (χ0n) is 20.2. The zero-order valence-corrected chi connectivity index (χ0v) is 21.0. The minimum atomic E-state index is -3.87. The van der Waals surface area contributed by atoms with E-state index in [1.807, 2.05) is 13.0 Å². The molecule has 0 aromatic carbocycles. The Bertz CT molecular complexity index is 1070. The van der Waals surface area contributed by atoms with Gasteiger partial charge in [-0.15, -0.1) is 0 Å². The van der Waals surface area contributed by atoms with Crippen LogP contribution >= 0.6 is 0 Å². The summed E-state index contributed by atoms with van der Waals surface area (Å²) in [4.78, 5) is 38.0. The largest absolute Gasteiger partial charge is 0.450 e. The number of fused-ring (bicyclic) bond motifs is 5. The van der Waals surface area contributed by atoms with Crippen molar-refractivity contribution >= 4 is 27.7 Å². The molecule has 0 spiro atoms. The Morgan fingerprint density at radius 2 is 1.94 bits per heavy atom. The lowest BCUT2D eigenvalue weighted by Gasteiger charge is -2.59. The van der Waals surface area contributed by atoms with Gasteiger partial charge in [0.1, 0.15) is 6.61 Å². The number of hydrogen-bond donors (Lipinski definition) is 1. The maximum Gasteiger partial charge on any atom is 0.306 e. The van der Waals surface area contributed by atoms with Crippen LogP contribution in [0.2, 0.25) is 0 Å². The average molecular weight is 495 g/mol. The first-order chi connectivity index (χ1) is 15.8. The first-order valence-corrected chi connectivity index (χ1v) is 13.8. The molecule has 0 aromatic rings. The molecule has 0 radical (unpaired) electrons. The number of ketones is 2. The Labute approximate surface area is 200 Å². The molecule has 0 amide bonds. The molecule has 34 heavy (non-hydrogen) atoms. The van der Waals surface area contributed by atoms with E-state index in [1.54, 1.807) is 19.1 Å². The molecule has 4 aliphatic rings. The fourth-order valence-corrected chi connectivity index (χ4v) is 7.86. The Morgan fingerprint density at radius 3 is 2.59 bits per heavy atom. The Kier molecular flexibility index (Phi) is 6.23. The van der Waals surface area contributed by atoms with Crippen LogP contribution in [0.4, 0.5) is 0 Å². The van der Waals surface area contributed by atoms with Gasteiger partial charge in [0.05, 0.1) is 12.4 Å². The van der Waals surface area contributed by atoms with E-state index in [1.165, 1.54) is 0 Å².